The van der Waals surface area contributed by atoms with Crippen LogP contribution in [0.1, 0.15) is 48.0 Å². The number of hydrogen-bond donors (Lipinski definition) is 0. The van der Waals surface area contributed by atoms with Crippen LogP contribution in [0.5, 0.6) is 0 Å². The zero-order valence-corrected chi connectivity index (χ0v) is 12.0. The Morgan fingerprint density at radius 1 is 1.33 bits per heavy atom. The van der Waals surface area contributed by atoms with Crippen molar-refractivity contribution in [1.29, 1.82) is 0 Å². The van der Waals surface area contributed by atoms with Crippen LogP contribution in [-0.2, 0) is 0 Å². The highest BCUT2D eigenvalue weighted by Gasteiger charge is 1.92. The van der Waals surface area contributed by atoms with E-state index >= 15 is 0 Å². The average molecular weight is 266 g/mol. The fraction of sp³-hybridized carbons (Fsp3) is 0.583. The number of allylic oxidation sites excluding steroid dienone is 2. The molecule has 0 aliphatic heterocycles. The summed E-state index contributed by atoms with van der Waals surface area (Å²) in [6.45, 7) is 11.7. The second-order valence-electron chi connectivity index (χ2n) is 2.80. The maximum atomic E-state index is 3.94. The second-order valence-corrected chi connectivity index (χ2v) is 7.13. The molecular weight excluding hydrogens is 237 g/mol. The Kier molecular flexibility index (Phi) is 32.9. The molecule has 0 nitrogen and oxygen atoms in total. The Bertz CT molecular complexity index is 179. The van der Waals surface area contributed by atoms with Gasteiger partial charge in [0.2, 0.25) is 0 Å². The molecule has 0 aliphatic carbocycles. The molecule has 0 aromatic rings. The minimum absolute atomic E-state index is 0. The van der Waals surface area contributed by atoms with Crippen molar-refractivity contribution in [3.8, 4) is 0 Å². The van der Waals surface area contributed by atoms with Gasteiger partial charge in [0, 0.05) is 0 Å². The molecular formula is C12H29P3. The third kappa shape index (κ3) is 25.1. The summed E-state index contributed by atoms with van der Waals surface area (Å²) in [5.74, 6) is 0. The van der Waals surface area contributed by atoms with Gasteiger partial charge >= 0.3 is 0 Å². The molecule has 0 aromatic carbocycles. The van der Waals surface area contributed by atoms with Gasteiger partial charge in [-0.3, -0.25) is 0 Å². The van der Waals surface area contributed by atoms with Crippen LogP contribution < -0.4 is 0 Å². The average Bonchev–Trinajstić information content (AvgIpc) is 2.06. The number of rotatable bonds is 4. The normalized spacial score (nSPS) is 6.93. The van der Waals surface area contributed by atoms with Crippen LogP contribution in [-0.4, -0.2) is 0 Å². The quantitative estimate of drug-likeness (QED) is 0.333. The molecule has 0 saturated heterocycles. The standard InChI is InChI=1S/C10H16.2CH4.H5P3/c1-5-7-10(4)8-9(3)6-2;;;1-3-2/h2,4-5,7-8H2,1,3H3;2*1H4;3H,1-2H2. The van der Waals surface area contributed by atoms with Gasteiger partial charge in [0.05, 0.1) is 0 Å². The SMILES string of the molecule is C.C.C=C=C(C)CC(=C)CCC.PPP. The van der Waals surface area contributed by atoms with E-state index in [0.29, 0.717) is 0 Å². The molecule has 0 aliphatic rings. The van der Waals surface area contributed by atoms with Crippen LogP contribution in [0.4, 0.5) is 0 Å². The molecule has 0 radical (unpaired) electrons. The van der Waals surface area contributed by atoms with E-state index in [2.05, 4.69) is 43.7 Å². The van der Waals surface area contributed by atoms with Crippen LogP contribution >= 0.6 is 25.8 Å². The van der Waals surface area contributed by atoms with Crippen LogP contribution in [0.2, 0.25) is 0 Å². The Labute approximate surface area is 104 Å². The molecule has 0 heterocycles. The summed E-state index contributed by atoms with van der Waals surface area (Å²) in [6.07, 6.45) is 3.28. The van der Waals surface area contributed by atoms with Crippen molar-refractivity contribution in [3.05, 3.63) is 30.0 Å². The largest absolute Gasteiger partial charge is 0.130 e. The van der Waals surface area contributed by atoms with E-state index in [-0.39, 0.29) is 14.9 Å². The highest BCUT2D eigenvalue weighted by molar-refractivity contribution is 8.33. The highest BCUT2D eigenvalue weighted by Crippen LogP contribution is 2.28. The molecule has 2 atom stereocenters. The van der Waals surface area contributed by atoms with Crippen LogP contribution in [0, 0.1) is 0 Å². The molecule has 0 saturated carbocycles. The van der Waals surface area contributed by atoms with E-state index in [4.69, 9.17) is 0 Å². The third-order valence-electron chi connectivity index (χ3n) is 1.42. The summed E-state index contributed by atoms with van der Waals surface area (Å²) < 4.78 is 0. The molecule has 15 heavy (non-hydrogen) atoms. The van der Waals surface area contributed by atoms with E-state index in [1.807, 2.05) is 6.92 Å². The first-order valence-corrected chi connectivity index (χ1v) is 8.92. The molecule has 0 bridgehead atoms. The minimum atomic E-state index is 0. The lowest BCUT2D eigenvalue weighted by Crippen LogP contribution is -1.81. The Morgan fingerprint density at radius 3 is 2.00 bits per heavy atom. The minimum Gasteiger partial charge on any atom is -0.130 e. The van der Waals surface area contributed by atoms with Gasteiger partial charge in [-0.2, -0.15) is 0 Å². The van der Waals surface area contributed by atoms with Gasteiger partial charge in [0.15, 0.2) is 0 Å². The van der Waals surface area contributed by atoms with E-state index in [1.54, 1.807) is 0 Å². The molecule has 2 unspecified atom stereocenters. The maximum Gasteiger partial charge on any atom is -0.00379 e. The molecule has 92 valence electrons. The predicted molar refractivity (Wildman–Crippen MR) is 88.2 cm³/mol. The fourth-order valence-corrected chi connectivity index (χ4v) is 0.879. The van der Waals surface area contributed by atoms with Gasteiger partial charge in [0.1, 0.15) is 0 Å². The zero-order chi connectivity index (χ0) is 10.7. The topological polar surface area (TPSA) is 0 Å². The lowest BCUT2D eigenvalue weighted by atomic mass is 10.1. The van der Waals surface area contributed by atoms with Crippen molar-refractivity contribution in [2.24, 2.45) is 0 Å². The smallest absolute Gasteiger partial charge is 0.00379 e. The lowest BCUT2D eigenvalue weighted by molar-refractivity contribution is 0.871. The summed E-state index contributed by atoms with van der Waals surface area (Å²) in [5.41, 5.74) is 5.34. The summed E-state index contributed by atoms with van der Waals surface area (Å²) in [6, 6.07) is 0. The van der Waals surface area contributed by atoms with Crippen LogP contribution in [0.15, 0.2) is 30.0 Å². The Morgan fingerprint density at radius 2 is 1.73 bits per heavy atom. The molecule has 3 heteroatoms. The molecule has 0 N–H and O–H groups in total. The van der Waals surface area contributed by atoms with Gasteiger partial charge in [-0.1, -0.05) is 54.9 Å². The first-order chi connectivity index (χ1) is 6.12. The van der Waals surface area contributed by atoms with Crippen molar-refractivity contribution in [2.75, 3.05) is 0 Å². The van der Waals surface area contributed by atoms with Crippen LogP contribution in [0.3, 0.4) is 0 Å². The molecule has 0 fully saturated rings. The van der Waals surface area contributed by atoms with E-state index in [1.165, 1.54) is 17.6 Å². The highest BCUT2D eigenvalue weighted by atomic mass is 32.4. The van der Waals surface area contributed by atoms with Crippen LogP contribution in [0.25, 0.3) is 0 Å². The summed E-state index contributed by atoms with van der Waals surface area (Å²) in [4.78, 5) is 0. The number of hydrogen-bond acceptors (Lipinski definition) is 0. The van der Waals surface area contributed by atoms with Gasteiger partial charge in [0.25, 0.3) is 0 Å². The Balaban J connectivity index is -0.000000108. The van der Waals surface area contributed by atoms with Crippen molar-refractivity contribution in [2.45, 2.75) is 48.0 Å². The summed E-state index contributed by atoms with van der Waals surface area (Å²) in [5, 5.41) is 0. The summed E-state index contributed by atoms with van der Waals surface area (Å²) in [7, 11) is 6.06. The zero-order valence-electron chi connectivity index (χ0n) is 8.69. The van der Waals surface area contributed by atoms with E-state index in [0.717, 1.165) is 20.8 Å². The first kappa shape index (κ1) is 24.7. The van der Waals surface area contributed by atoms with E-state index in [9.17, 15) is 0 Å². The fourth-order valence-electron chi connectivity index (χ4n) is 0.879. The van der Waals surface area contributed by atoms with Gasteiger partial charge < -0.3 is 0 Å². The predicted octanol–water partition coefficient (Wildman–Crippen LogP) is 5.98. The van der Waals surface area contributed by atoms with Gasteiger partial charge in [-0.05, 0) is 25.3 Å². The monoisotopic (exact) mass is 266 g/mol. The molecule has 0 rings (SSSR count). The Hall–Kier alpha value is 0.550. The second kappa shape index (κ2) is 20.0. The van der Waals surface area contributed by atoms with Crippen molar-refractivity contribution in [3.63, 3.8) is 0 Å². The van der Waals surface area contributed by atoms with Crippen molar-refractivity contribution in [1.82, 2.24) is 0 Å². The summed E-state index contributed by atoms with van der Waals surface area (Å²) >= 11 is 0. The maximum absolute atomic E-state index is 3.94. The van der Waals surface area contributed by atoms with E-state index < -0.39 is 0 Å². The van der Waals surface area contributed by atoms with Crippen molar-refractivity contribution >= 4 is 25.8 Å². The molecule has 0 amide bonds. The van der Waals surface area contributed by atoms with Gasteiger partial charge in [-0.25, -0.2) is 0 Å². The van der Waals surface area contributed by atoms with Crippen molar-refractivity contribution < 1.29 is 0 Å². The lowest BCUT2D eigenvalue weighted by Gasteiger charge is -2.00. The first-order valence-electron chi connectivity index (χ1n) is 4.30. The molecule has 0 spiro atoms. The third-order valence-corrected chi connectivity index (χ3v) is 1.42. The molecule has 0 aromatic heterocycles. The van der Waals surface area contributed by atoms with Gasteiger partial charge in [-0.15, -0.1) is 23.6 Å².